The van der Waals surface area contributed by atoms with Gasteiger partial charge in [-0.1, -0.05) is 13.3 Å². The molecular formula is C13H27N3. The predicted octanol–water partition coefficient (Wildman–Crippen LogP) is 1.19. The minimum atomic E-state index is 0.726. The molecular weight excluding hydrogens is 198 g/mol. The van der Waals surface area contributed by atoms with Gasteiger partial charge >= 0.3 is 0 Å². The standard InChI is InChI=1S/C13H27N3/c1-2-3-11-8-13(15-12-4-5-12)10-16(9-11)7-6-14/h11-13,15H,2-10,14H2,1H3. The lowest BCUT2D eigenvalue weighted by molar-refractivity contribution is 0.138. The van der Waals surface area contributed by atoms with Crippen LogP contribution in [-0.4, -0.2) is 43.2 Å². The quantitative estimate of drug-likeness (QED) is 0.713. The summed E-state index contributed by atoms with van der Waals surface area (Å²) in [6.45, 7) is 6.66. The summed E-state index contributed by atoms with van der Waals surface area (Å²) < 4.78 is 0. The number of likely N-dealkylation sites (tertiary alicyclic amines) is 1. The zero-order valence-corrected chi connectivity index (χ0v) is 10.6. The third-order valence-electron chi connectivity index (χ3n) is 3.80. The molecule has 0 spiro atoms. The number of nitrogens with zero attached hydrogens (tertiary/aromatic N) is 1. The van der Waals surface area contributed by atoms with E-state index in [1.165, 1.54) is 45.2 Å². The second-order valence-corrected chi connectivity index (χ2v) is 5.58. The molecule has 0 bridgehead atoms. The first-order valence-corrected chi connectivity index (χ1v) is 7.00. The Morgan fingerprint density at radius 2 is 2.06 bits per heavy atom. The first-order valence-electron chi connectivity index (χ1n) is 7.00. The fourth-order valence-corrected chi connectivity index (χ4v) is 2.99. The van der Waals surface area contributed by atoms with Gasteiger partial charge in [-0.25, -0.2) is 0 Å². The van der Waals surface area contributed by atoms with E-state index in [1.807, 2.05) is 0 Å². The van der Waals surface area contributed by atoms with Crippen LogP contribution in [0.25, 0.3) is 0 Å². The van der Waals surface area contributed by atoms with Crippen molar-refractivity contribution in [2.75, 3.05) is 26.2 Å². The van der Waals surface area contributed by atoms with Gasteiger partial charge in [0, 0.05) is 38.3 Å². The van der Waals surface area contributed by atoms with E-state index in [9.17, 15) is 0 Å². The average Bonchev–Trinajstić information content (AvgIpc) is 3.02. The Morgan fingerprint density at radius 3 is 2.69 bits per heavy atom. The molecule has 94 valence electrons. The topological polar surface area (TPSA) is 41.3 Å². The molecule has 2 unspecified atom stereocenters. The lowest BCUT2D eigenvalue weighted by atomic mass is 9.90. The van der Waals surface area contributed by atoms with Crippen LogP contribution in [0, 0.1) is 5.92 Å². The Labute approximate surface area is 99.8 Å². The van der Waals surface area contributed by atoms with Crippen LogP contribution in [0.15, 0.2) is 0 Å². The summed E-state index contributed by atoms with van der Waals surface area (Å²) in [6, 6.07) is 1.56. The first-order chi connectivity index (χ1) is 7.81. The summed E-state index contributed by atoms with van der Waals surface area (Å²) in [6.07, 6.45) is 6.87. The molecule has 0 aromatic carbocycles. The summed E-state index contributed by atoms with van der Waals surface area (Å²) in [7, 11) is 0. The van der Waals surface area contributed by atoms with Crippen LogP contribution in [0.3, 0.4) is 0 Å². The van der Waals surface area contributed by atoms with E-state index in [0.29, 0.717) is 0 Å². The van der Waals surface area contributed by atoms with Crippen molar-refractivity contribution in [3.05, 3.63) is 0 Å². The van der Waals surface area contributed by atoms with Crippen LogP contribution in [0.5, 0.6) is 0 Å². The van der Waals surface area contributed by atoms with Gasteiger partial charge in [-0.2, -0.15) is 0 Å². The lowest BCUT2D eigenvalue weighted by Crippen LogP contribution is -2.50. The van der Waals surface area contributed by atoms with Gasteiger partial charge in [0.1, 0.15) is 0 Å². The van der Waals surface area contributed by atoms with Gasteiger partial charge in [0.25, 0.3) is 0 Å². The third kappa shape index (κ3) is 3.72. The van der Waals surface area contributed by atoms with Crippen molar-refractivity contribution in [3.63, 3.8) is 0 Å². The molecule has 0 aromatic rings. The van der Waals surface area contributed by atoms with Crippen LogP contribution >= 0.6 is 0 Å². The van der Waals surface area contributed by atoms with E-state index in [1.54, 1.807) is 0 Å². The normalized spacial score (nSPS) is 31.9. The summed E-state index contributed by atoms with van der Waals surface area (Å²) in [5.74, 6) is 0.890. The minimum Gasteiger partial charge on any atom is -0.329 e. The maximum atomic E-state index is 5.68. The molecule has 2 aliphatic rings. The highest BCUT2D eigenvalue weighted by atomic mass is 15.2. The summed E-state index contributed by atoms with van der Waals surface area (Å²) in [5, 5.41) is 3.79. The fourth-order valence-electron chi connectivity index (χ4n) is 2.99. The smallest absolute Gasteiger partial charge is 0.0200 e. The van der Waals surface area contributed by atoms with Gasteiger partial charge in [0.2, 0.25) is 0 Å². The highest BCUT2D eigenvalue weighted by Crippen LogP contribution is 2.25. The Kier molecular flexibility index (Phi) is 4.62. The average molecular weight is 225 g/mol. The maximum Gasteiger partial charge on any atom is 0.0200 e. The Hall–Kier alpha value is -0.120. The van der Waals surface area contributed by atoms with Gasteiger partial charge in [0.15, 0.2) is 0 Å². The number of rotatable bonds is 6. The van der Waals surface area contributed by atoms with Crippen molar-refractivity contribution in [2.45, 2.75) is 51.1 Å². The molecule has 2 fully saturated rings. The molecule has 16 heavy (non-hydrogen) atoms. The van der Waals surface area contributed by atoms with Crippen LogP contribution in [0.1, 0.15) is 39.0 Å². The highest BCUT2D eigenvalue weighted by Gasteiger charge is 2.30. The van der Waals surface area contributed by atoms with Crippen LogP contribution in [0.2, 0.25) is 0 Å². The molecule has 1 saturated carbocycles. The van der Waals surface area contributed by atoms with E-state index in [4.69, 9.17) is 5.73 Å². The van der Waals surface area contributed by atoms with Crippen molar-refractivity contribution >= 4 is 0 Å². The highest BCUT2D eigenvalue weighted by molar-refractivity contribution is 4.90. The zero-order chi connectivity index (χ0) is 11.4. The molecule has 2 atom stereocenters. The number of nitrogens with one attached hydrogen (secondary N) is 1. The number of hydrogen-bond donors (Lipinski definition) is 2. The molecule has 3 nitrogen and oxygen atoms in total. The molecule has 2 rings (SSSR count). The van der Waals surface area contributed by atoms with Crippen molar-refractivity contribution < 1.29 is 0 Å². The van der Waals surface area contributed by atoms with Crippen LogP contribution < -0.4 is 11.1 Å². The monoisotopic (exact) mass is 225 g/mol. The molecule has 1 saturated heterocycles. The van der Waals surface area contributed by atoms with E-state index in [0.717, 1.165) is 31.1 Å². The number of piperidine rings is 1. The van der Waals surface area contributed by atoms with E-state index < -0.39 is 0 Å². The number of nitrogens with two attached hydrogens (primary N) is 1. The fraction of sp³-hybridized carbons (Fsp3) is 1.00. The lowest BCUT2D eigenvalue weighted by Gasteiger charge is -2.38. The van der Waals surface area contributed by atoms with Crippen molar-refractivity contribution in [1.29, 1.82) is 0 Å². The van der Waals surface area contributed by atoms with Crippen LogP contribution in [-0.2, 0) is 0 Å². The minimum absolute atomic E-state index is 0.726. The van der Waals surface area contributed by atoms with Gasteiger partial charge in [-0.05, 0) is 31.6 Å². The Morgan fingerprint density at radius 1 is 1.25 bits per heavy atom. The Bertz CT molecular complexity index is 189. The van der Waals surface area contributed by atoms with E-state index >= 15 is 0 Å². The molecule has 1 aliphatic heterocycles. The van der Waals surface area contributed by atoms with Gasteiger partial charge in [-0.3, -0.25) is 0 Å². The summed E-state index contributed by atoms with van der Waals surface area (Å²) in [5.41, 5.74) is 5.68. The molecule has 1 heterocycles. The molecule has 1 aliphatic carbocycles. The van der Waals surface area contributed by atoms with Gasteiger partial charge in [-0.15, -0.1) is 0 Å². The van der Waals surface area contributed by atoms with Gasteiger partial charge < -0.3 is 16.0 Å². The SMILES string of the molecule is CCCC1CC(NC2CC2)CN(CCN)C1. The molecule has 0 radical (unpaired) electrons. The molecule has 0 aromatic heterocycles. The predicted molar refractivity (Wildman–Crippen MR) is 68.5 cm³/mol. The van der Waals surface area contributed by atoms with Gasteiger partial charge in [0.05, 0.1) is 0 Å². The number of hydrogen-bond acceptors (Lipinski definition) is 3. The first kappa shape index (κ1) is 12.3. The molecule has 3 heteroatoms. The van der Waals surface area contributed by atoms with E-state index in [-0.39, 0.29) is 0 Å². The zero-order valence-electron chi connectivity index (χ0n) is 10.6. The second-order valence-electron chi connectivity index (χ2n) is 5.58. The Balaban J connectivity index is 1.81. The summed E-state index contributed by atoms with van der Waals surface area (Å²) in [4.78, 5) is 2.56. The maximum absolute atomic E-state index is 5.68. The summed E-state index contributed by atoms with van der Waals surface area (Å²) >= 11 is 0. The van der Waals surface area contributed by atoms with Crippen LogP contribution in [0.4, 0.5) is 0 Å². The molecule has 0 amide bonds. The van der Waals surface area contributed by atoms with E-state index in [2.05, 4.69) is 17.1 Å². The van der Waals surface area contributed by atoms with Crippen molar-refractivity contribution in [1.82, 2.24) is 10.2 Å². The van der Waals surface area contributed by atoms with Crippen molar-refractivity contribution in [3.8, 4) is 0 Å². The largest absolute Gasteiger partial charge is 0.329 e. The van der Waals surface area contributed by atoms with Crippen molar-refractivity contribution in [2.24, 2.45) is 11.7 Å². The molecule has 3 N–H and O–H groups in total. The third-order valence-corrected chi connectivity index (χ3v) is 3.80. The second kappa shape index (κ2) is 5.99.